The molecule has 0 radical (unpaired) electrons. The van der Waals surface area contributed by atoms with Crippen LogP contribution >= 0.6 is 0 Å². The maximum absolute atomic E-state index is 11.7. The van der Waals surface area contributed by atoms with Gasteiger partial charge in [0.2, 0.25) is 0 Å². The van der Waals surface area contributed by atoms with Crippen LogP contribution in [0.15, 0.2) is 0 Å². The minimum Gasteiger partial charge on any atom is -0.361 e. The van der Waals surface area contributed by atoms with Crippen molar-refractivity contribution < 1.29 is 9.59 Å². The van der Waals surface area contributed by atoms with E-state index >= 15 is 0 Å². The molecule has 2 rings (SSSR count). The molecule has 0 aliphatic carbocycles. The number of H-pyrrole nitrogens is 2. The first-order valence-corrected chi connectivity index (χ1v) is 6.69. The van der Waals surface area contributed by atoms with Gasteiger partial charge in [0.1, 0.15) is 0 Å². The van der Waals surface area contributed by atoms with Crippen molar-refractivity contribution in [3.8, 4) is 0 Å². The second-order valence-electron chi connectivity index (χ2n) is 5.35. The lowest BCUT2D eigenvalue weighted by Gasteiger charge is -2.01. The minimum atomic E-state index is 0.0791. The summed E-state index contributed by atoms with van der Waals surface area (Å²) in [6, 6.07) is 0. The van der Waals surface area contributed by atoms with Gasteiger partial charge in [0, 0.05) is 29.1 Å². The molecule has 4 nitrogen and oxygen atoms in total. The molecule has 106 valence electrons. The number of nitrogens with one attached hydrogen (secondary N) is 2. The van der Waals surface area contributed by atoms with Gasteiger partial charge in [-0.15, -0.1) is 0 Å². The monoisotopic (exact) mass is 272 g/mol. The van der Waals surface area contributed by atoms with Crippen molar-refractivity contribution in [1.29, 1.82) is 0 Å². The van der Waals surface area contributed by atoms with Crippen LogP contribution in [-0.4, -0.2) is 22.0 Å². The van der Waals surface area contributed by atoms with Crippen LogP contribution in [0.5, 0.6) is 0 Å². The number of aryl methyl sites for hydroxylation is 1. The molecule has 0 spiro atoms. The van der Waals surface area contributed by atoms with Gasteiger partial charge < -0.3 is 9.97 Å². The number of ketones is 1. The molecule has 2 N–H and O–H groups in total. The molecule has 20 heavy (non-hydrogen) atoms. The summed E-state index contributed by atoms with van der Waals surface area (Å²) in [6.45, 7) is 9.40. The van der Waals surface area contributed by atoms with E-state index in [0.29, 0.717) is 12.1 Å². The molecule has 0 atom stereocenters. The molecule has 0 bridgehead atoms. The van der Waals surface area contributed by atoms with Gasteiger partial charge in [-0.2, -0.15) is 0 Å². The largest absolute Gasteiger partial charge is 0.361 e. The molecule has 0 amide bonds. The van der Waals surface area contributed by atoms with Crippen LogP contribution in [0.3, 0.4) is 0 Å². The second-order valence-corrected chi connectivity index (χ2v) is 5.35. The number of hydrogen-bond donors (Lipinski definition) is 2. The molecular weight excluding hydrogens is 252 g/mol. The van der Waals surface area contributed by atoms with Gasteiger partial charge in [-0.05, 0) is 51.3 Å². The lowest BCUT2D eigenvalue weighted by molar-refractivity contribution is 0.101. The van der Waals surface area contributed by atoms with Crippen LogP contribution in [0, 0.1) is 27.7 Å². The van der Waals surface area contributed by atoms with Gasteiger partial charge in [-0.3, -0.25) is 9.59 Å². The Balaban J connectivity index is 2.43. The molecule has 0 aliphatic heterocycles. The van der Waals surface area contributed by atoms with E-state index in [0.717, 1.165) is 45.6 Å². The molecule has 2 aromatic rings. The summed E-state index contributed by atoms with van der Waals surface area (Å²) in [5.74, 6) is 0.0791. The Morgan fingerprint density at radius 2 is 1.60 bits per heavy atom. The normalized spacial score (nSPS) is 10.8. The SMILES string of the molecule is CC(=O)c1c(C)[nH]c(Cc2[nH]c(C=O)c(C)c2C)c1C. The highest BCUT2D eigenvalue weighted by atomic mass is 16.1. The molecule has 0 saturated heterocycles. The van der Waals surface area contributed by atoms with Gasteiger partial charge >= 0.3 is 0 Å². The van der Waals surface area contributed by atoms with Crippen molar-refractivity contribution in [1.82, 2.24) is 9.97 Å². The number of carbonyl (C=O) groups is 2. The summed E-state index contributed by atoms with van der Waals surface area (Å²) in [6.07, 6.45) is 1.51. The van der Waals surface area contributed by atoms with Gasteiger partial charge in [0.05, 0.1) is 5.69 Å². The highest BCUT2D eigenvalue weighted by Gasteiger charge is 2.17. The number of carbonyl (C=O) groups excluding carboxylic acids is 2. The van der Waals surface area contributed by atoms with Gasteiger partial charge in [-0.25, -0.2) is 0 Å². The number of aromatic amines is 2. The third-order valence-electron chi connectivity index (χ3n) is 4.07. The Hall–Kier alpha value is -2.10. The van der Waals surface area contributed by atoms with Crippen molar-refractivity contribution in [2.24, 2.45) is 0 Å². The fourth-order valence-corrected chi connectivity index (χ4v) is 2.77. The molecule has 2 aromatic heterocycles. The van der Waals surface area contributed by atoms with Crippen LogP contribution in [0.4, 0.5) is 0 Å². The Bertz CT molecular complexity index is 690. The Morgan fingerprint density at radius 1 is 1.00 bits per heavy atom. The molecule has 0 unspecified atom stereocenters. The van der Waals surface area contributed by atoms with Gasteiger partial charge in [0.25, 0.3) is 0 Å². The smallest absolute Gasteiger partial charge is 0.166 e. The van der Waals surface area contributed by atoms with E-state index in [1.807, 2.05) is 27.7 Å². The molecule has 2 heterocycles. The third-order valence-corrected chi connectivity index (χ3v) is 4.07. The quantitative estimate of drug-likeness (QED) is 0.663. The number of aromatic nitrogens is 2. The first kappa shape index (κ1) is 14.3. The van der Waals surface area contributed by atoms with Gasteiger partial charge in [-0.1, -0.05) is 0 Å². The summed E-state index contributed by atoms with van der Waals surface area (Å²) in [5, 5.41) is 0. The minimum absolute atomic E-state index is 0.0791. The first-order chi connectivity index (χ1) is 9.36. The van der Waals surface area contributed by atoms with E-state index in [1.165, 1.54) is 0 Å². The zero-order chi connectivity index (χ0) is 15.0. The van der Waals surface area contributed by atoms with E-state index in [2.05, 4.69) is 9.97 Å². The summed E-state index contributed by atoms with van der Waals surface area (Å²) in [7, 11) is 0. The molecule has 0 aliphatic rings. The van der Waals surface area contributed by atoms with E-state index in [-0.39, 0.29) is 5.78 Å². The van der Waals surface area contributed by atoms with Gasteiger partial charge in [0.15, 0.2) is 12.1 Å². The maximum Gasteiger partial charge on any atom is 0.166 e. The van der Waals surface area contributed by atoms with Crippen molar-refractivity contribution in [2.45, 2.75) is 41.0 Å². The van der Waals surface area contributed by atoms with E-state index in [9.17, 15) is 9.59 Å². The summed E-state index contributed by atoms with van der Waals surface area (Å²) >= 11 is 0. The predicted molar refractivity (Wildman–Crippen MR) is 78.7 cm³/mol. The van der Waals surface area contributed by atoms with Crippen LogP contribution < -0.4 is 0 Å². The number of hydrogen-bond acceptors (Lipinski definition) is 2. The summed E-state index contributed by atoms with van der Waals surface area (Å²) in [5.41, 5.74) is 7.43. The number of Topliss-reactive ketones (excluding diaryl/α,β-unsaturated/α-hetero) is 1. The predicted octanol–water partition coefficient (Wildman–Crippen LogP) is 3.18. The van der Waals surface area contributed by atoms with Crippen LogP contribution in [0.2, 0.25) is 0 Å². The zero-order valence-electron chi connectivity index (χ0n) is 12.6. The second kappa shape index (κ2) is 5.12. The van der Waals surface area contributed by atoms with E-state index < -0.39 is 0 Å². The Morgan fingerprint density at radius 3 is 2.05 bits per heavy atom. The molecule has 0 aromatic carbocycles. The fraction of sp³-hybridized carbons (Fsp3) is 0.375. The fourth-order valence-electron chi connectivity index (χ4n) is 2.77. The average molecular weight is 272 g/mol. The highest BCUT2D eigenvalue weighted by molar-refractivity contribution is 5.97. The summed E-state index contributed by atoms with van der Waals surface area (Å²) < 4.78 is 0. The molecule has 4 heteroatoms. The van der Waals surface area contributed by atoms with Crippen molar-refractivity contribution in [3.63, 3.8) is 0 Å². The number of aldehydes is 1. The molecule has 0 fully saturated rings. The third kappa shape index (κ3) is 2.22. The standard InChI is InChI=1S/C16H20N2O2/c1-8-9(2)15(7-19)18-13(8)6-14-10(3)16(12(5)20)11(4)17-14/h7,17-18H,6H2,1-5H3. The topological polar surface area (TPSA) is 65.7 Å². The highest BCUT2D eigenvalue weighted by Crippen LogP contribution is 2.24. The van der Waals surface area contributed by atoms with E-state index in [4.69, 9.17) is 0 Å². The maximum atomic E-state index is 11.7. The van der Waals surface area contributed by atoms with Crippen molar-refractivity contribution in [3.05, 3.63) is 45.0 Å². The van der Waals surface area contributed by atoms with Crippen LogP contribution in [0.25, 0.3) is 0 Å². The lowest BCUT2D eigenvalue weighted by Crippen LogP contribution is -1.97. The van der Waals surface area contributed by atoms with Crippen molar-refractivity contribution >= 4 is 12.1 Å². The lowest BCUT2D eigenvalue weighted by atomic mass is 10.0. The molecule has 0 saturated carbocycles. The Kier molecular flexibility index (Phi) is 3.66. The number of rotatable bonds is 4. The van der Waals surface area contributed by atoms with Crippen LogP contribution in [-0.2, 0) is 6.42 Å². The first-order valence-electron chi connectivity index (χ1n) is 6.69. The molecular formula is C16H20N2O2. The van der Waals surface area contributed by atoms with Crippen molar-refractivity contribution in [2.75, 3.05) is 0 Å². The zero-order valence-corrected chi connectivity index (χ0v) is 12.6. The summed E-state index contributed by atoms with van der Waals surface area (Å²) in [4.78, 5) is 29.1. The Labute approximate surface area is 118 Å². The average Bonchev–Trinajstić information content (AvgIpc) is 2.81. The van der Waals surface area contributed by atoms with E-state index in [1.54, 1.807) is 6.92 Å². The van der Waals surface area contributed by atoms with Crippen LogP contribution in [0.1, 0.15) is 61.5 Å².